The van der Waals surface area contributed by atoms with Gasteiger partial charge in [0.25, 0.3) is 0 Å². The van der Waals surface area contributed by atoms with Gasteiger partial charge >= 0.3 is 0 Å². The van der Waals surface area contributed by atoms with Gasteiger partial charge in [-0.1, -0.05) is 17.7 Å². The molecule has 1 aromatic heterocycles. The van der Waals surface area contributed by atoms with Crippen LogP contribution >= 0.6 is 24.2 Å². The number of hydrogen-bond donors (Lipinski definition) is 1. The average Bonchev–Trinajstić information content (AvgIpc) is 2.33. The van der Waals surface area contributed by atoms with E-state index in [0.29, 0.717) is 16.3 Å². The number of rotatable bonds is 2. The zero-order valence-corrected chi connectivity index (χ0v) is 11.9. The maximum Gasteiger partial charge on any atom is 0.185 e. The van der Waals surface area contributed by atoms with Crippen LogP contribution in [-0.2, 0) is 5.75 Å². The van der Waals surface area contributed by atoms with Crippen molar-refractivity contribution in [3.8, 4) is 5.69 Å². The number of benzene rings is 1. The van der Waals surface area contributed by atoms with E-state index >= 15 is 0 Å². The molecular weight excluding hydrogens is 266 g/mol. The summed E-state index contributed by atoms with van der Waals surface area (Å²) >= 11 is 10.2. The Hall–Kier alpha value is -1.19. The first-order valence-corrected chi connectivity index (χ1v) is 6.63. The molecule has 1 aromatic carbocycles. The first-order chi connectivity index (χ1) is 8.52. The molecule has 0 unspecified atom stereocenters. The van der Waals surface area contributed by atoms with Crippen LogP contribution < -0.4 is 5.43 Å². The molecule has 2 nitrogen and oxygen atoms in total. The molecule has 0 amide bonds. The summed E-state index contributed by atoms with van der Waals surface area (Å²) in [5.41, 5.74) is 3.69. The molecular formula is C14H14ClNOS. The van der Waals surface area contributed by atoms with Crippen LogP contribution in [0, 0.1) is 13.8 Å². The SMILES string of the molecule is Cc1ccc(Cl)cc1-n1cc(CS)c(=O)cc1C. The van der Waals surface area contributed by atoms with Gasteiger partial charge in [-0.3, -0.25) is 4.79 Å². The fourth-order valence-corrected chi connectivity index (χ4v) is 2.30. The van der Waals surface area contributed by atoms with Gasteiger partial charge in [0.2, 0.25) is 0 Å². The predicted octanol–water partition coefficient (Wildman–Crippen LogP) is 3.54. The summed E-state index contributed by atoms with van der Waals surface area (Å²) in [6.07, 6.45) is 1.84. The number of halogens is 1. The van der Waals surface area contributed by atoms with Gasteiger partial charge in [0.05, 0.1) is 0 Å². The first kappa shape index (κ1) is 13.2. The second-order valence-electron chi connectivity index (χ2n) is 4.26. The van der Waals surface area contributed by atoms with Crippen molar-refractivity contribution in [2.24, 2.45) is 0 Å². The Morgan fingerprint density at radius 1 is 1.28 bits per heavy atom. The van der Waals surface area contributed by atoms with Gasteiger partial charge in [0, 0.05) is 40.0 Å². The van der Waals surface area contributed by atoms with E-state index in [-0.39, 0.29) is 5.43 Å². The highest BCUT2D eigenvalue weighted by atomic mass is 35.5. The van der Waals surface area contributed by atoms with Crippen molar-refractivity contribution < 1.29 is 0 Å². The predicted molar refractivity (Wildman–Crippen MR) is 79.2 cm³/mol. The van der Waals surface area contributed by atoms with E-state index in [1.165, 1.54) is 0 Å². The Kier molecular flexibility index (Phi) is 3.83. The van der Waals surface area contributed by atoms with Gasteiger partial charge in [-0.2, -0.15) is 12.6 Å². The molecule has 0 N–H and O–H groups in total. The lowest BCUT2D eigenvalue weighted by Crippen LogP contribution is -2.13. The van der Waals surface area contributed by atoms with Crippen molar-refractivity contribution in [2.45, 2.75) is 19.6 Å². The van der Waals surface area contributed by atoms with E-state index in [2.05, 4.69) is 12.6 Å². The first-order valence-electron chi connectivity index (χ1n) is 5.62. The molecule has 0 aliphatic heterocycles. The molecule has 0 bridgehead atoms. The number of hydrogen-bond acceptors (Lipinski definition) is 2. The molecule has 4 heteroatoms. The lowest BCUT2D eigenvalue weighted by Gasteiger charge is -2.15. The Morgan fingerprint density at radius 2 is 2.00 bits per heavy atom. The van der Waals surface area contributed by atoms with Crippen LogP contribution in [0.1, 0.15) is 16.8 Å². The number of aryl methyl sites for hydroxylation is 2. The van der Waals surface area contributed by atoms with Crippen molar-refractivity contribution in [1.82, 2.24) is 4.57 Å². The maximum absolute atomic E-state index is 11.7. The Labute approximate surface area is 117 Å². The molecule has 2 aromatic rings. The summed E-state index contributed by atoms with van der Waals surface area (Å²) in [4.78, 5) is 11.7. The molecule has 2 rings (SSSR count). The van der Waals surface area contributed by atoms with E-state index in [0.717, 1.165) is 16.9 Å². The van der Waals surface area contributed by atoms with E-state index in [4.69, 9.17) is 11.6 Å². The number of aromatic nitrogens is 1. The van der Waals surface area contributed by atoms with Crippen LogP contribution in [0.4, 0.5) is 0 Å². The molecule has 0 spiro atoms. The van der Waals surface area contributed by atoms with Crippen molar-refractivity contribution in [1.29, 1.82) is 0 Å². The summed E-state index contributed by atoms with van der Waals surface area (Å²) in [5, 5.41) is 0.682. The quantitative estimate of drug-likeness (QED) is 0.835. The van der Waals surface area contributed by atoms with E-state index in [9.17, 15) is 4.79 Å². The normalized spacial score (nSPS) is 10.7. The van der Waals surface area contributed by atoms with E-state index in [1.807, 2.05) is 42.8 Å². The number of thiol groups is 1. The van der Waals surface area contributed by atoms with Gasteiger partial charge < -0.3 is 4.57 Å². The highest BCUT2D eigenvalue weighted by Crippen LogP contribution is 2.20. The van der Waals surface area contributed by atoms with Gasteiger partial charge in [-0.25, -0.2) is 0 Å². The molecule has 94 valence electrons. The molecule has 0 atom stereocenters. The molecule has 0 aliphatic carbocycles. The topological polar surface area (TPSA) is 22.0 Å². The van der Waals surface area contributed by atoms with Crippen LogP contribution in [0.2, 0.25) is 5.02 Å². The lowest BCUT2D eigenvalue weighted by molar-refractivity contribution is 0.947. The van der Waals surface area contributed by atoms with Crippen LogP contribution in [0.15, 0.2) is 35.3 Å². The molecule has 0 radical (unpaired) electrons. The number of nitrogens with zero attached hydrogens (tertiary/aromatic N) is 1. The largest absolute Gasteiger partial charge is 0.320 e. The van der Waals surface area contributed by atoms with Crippen molar-refractivity contribution >= 4 is 24.2 Å². The Morgan fingerprint density at radius 3 is 2.67 bits per heavy atom. The summed E-state index contributed by atoms with van der Waals surface area (Å²) in [6.45, 7) is 3.92. The number of pyridine rings is 1. The monoisotopic (exact) mass is 279 g/mol. The summed E-state index contributed by atoms with van der Waals surface area (Å²) in [5.74, 6) is 0.429. The average molecular weight is 280 g/mol. The molecule has 0 saturated carbocycles. The second-order valence-corrected chi connectivity index (χ2v) is 5.02. The third-order valence-electron chi connectivity index (χ3n) is 2.92. The second kappa shape index (κ2) is 5.21. The van der Waals surface area contributed by atoms with E-state index < -0.39 is 0 Å². The van der Waals surface area contributed by atoms with Gasteiger partial charge in [0.1, 0.15) is 0 Å². The fourth-order valence-electron chi connectivity index (χ4n) is 1.89. The third-order valence-corrected chi connectivity index (χ3v) is 3.50. The smallest absolute Gasteiger partial charge is 0.185 e. The Balaban J connectivity index is 2.70. The van der Waals surface area contributed by atoms with Crippen molar-refractivity contribution in [3.05, 3.63) is 62.5 Å². The molecule has 1 heterocycles. The maximum atomic E-state index is 11.7. The minimum Gasteiger partial charge on any atom is -0.320 e. The Bertz CT molecular complexity index is 649. The van der Waals surface area contributed by atoms with Crippen LogP contribution in [0.5, 0.6) is 0 Å². The zero-order chi connectivity index (χ0) is 13.3. The molecule has 0 saturated heterocycles. The van der Waals surface area contributed by atoms with Crippen molar-refractivity contribution in [3.63, 3.8) is 0 Å². The van der Waals surface area contributed by atoms with Gasteiger partial charge in [-0.05, 0) is 31.5 Å². The summed E-state index contributed by atoms with van der Waals surface area (Å²) < 4.78 is 1.98. The highest BCUT2D eigenvalue weighted by molar-refractivity contribution is 7.79. The van der Waals surface area contributed by atoms with Crippen molar-refractivity contribution in [2.75, 3.05) is 0 Å². The summed E-state index contributed by atoms with van der Waals surface area (Å²) in [7, 11) is 0. The minimum absolute atomic E-state index is 0.0263. The molecule has 0 fully saturated rings. The van der Waals surface area contributed by atoms with Crippen LogP contribution in [0.3, 0.4) is 0 Å². The third kappa shape index (κ3) is 2.47. The van der Waals surface area contributed by atoms with E-state index in [1.54, 1.807) is 6.07 Å². The van der Waals surface area contributed by atoms with Crippen LogP contribution in [-0.4, -0.2) is 4.57 Å². The fraction of sp³-hybridized carbons (Fsp3) is 0.214. The zero-order valence-electron chi connectivity index (χ0n) is 10.3. The lowest BCUT2D eigenvalue weighted by atomic mass is 10.1. The highest BCUT2D eigenvalue weighted by Gasteiger charge is 2.07. The van der Waals surface area contributed by atoms with Crippen LogP contribution in [0.25, 0.3) is 5.69 Å². The summed E-state index contributed by atoms with van der Waals surface area (Å²) in [6, 6.07) is 7.36. The van der Waals surface area contributed by atoms with Gasteiger partial charge in [0.15, 0.2) is 5.43 Å². The minimum atomic E-state index is 0.0263. The van der Waals surface area contributed by atoms with Gasteiger partial charge in [-0.15, -0.1) is 0 Å². The molecule has 18 heavy (non-hydrogen) atoms. The standard InChI is InChI=1S/C14H14ClNOS/c1-9-3-4-12(15)6-13(9)16-7-11(8-18)14(17)5-10(16)2/h3-7,18H,8H2,1-2H3. The molecule has 0 aliphatic rings.